The summed E-state index contributed by atoms with van der Waals surface area (Å²) in [7, 11) is 0. The molecule has 1 saturated heterocycles. The molecule has 21 heavy (non-hydrogen) atoms. The van der Waals surface area contributed by atoms with Crippen LogP contribution in [0.25, 0.3) is 0 Å². The Morgan fingerprint density at radius 3 is 2.19 bits per heavy atom. The molecule has 0 spiro atoms. The van der Waals surface area contributed by atoms with Crippen molar-refractivity contribution in [2.75, 3.05) is 36.0 Å². The van der Waals surface area contributed by atoms with Gasteiger partial charge in [0.05, 0.1) is 0 Å². The number of halogens is 1. The van der Waals surface area contributed by atoms with E-state index in [1.54, 1.807) is 6.20 Å². The minimum absolute atomic E-state index is 0.618. The number of nitrogens with zero attached hydrogens (tertiary/aromatic N) is 3. The van der Waals surface area contributed by atoms with Gasteiger partial charge in [0.15, 0.2) is 6.29 Å². The van der Waals surface area contributed by atoms with E-state index in [1.807, 2.05) is 12.1 Å². The zero-order valence-corrected chi connectivity index (χ0v) is 13.2. The second-order valence-corrected chi connectivity index (χ2v) is 5.93. The zero-order valence-electron chi connectivity index (χ0n) is 11.6. The van der Waals surface area contributed by atoms with E-state index in [-0.39, 0.29) is 0 Å². The summed E-state index contributed by atoms with van der Waals surface area (Å²) < 4.78 is 1.10. The van der Waals surface area contributed by atoms with Gasteiger partial charge in [-0.15, -0.1) is 0 Å². The zero-order chi connectivity index (χ0) is 14.7. The average molecular weight is 346 g/mol. The summed E-state index contributed by atoms with van der Waals surface area (Å²) >= 11 is 3.46. The first kappa shape index (κ1) is 14.1. The molecule has 3 rings (SSSR count). The number of benzene rings is 1. The lowest BCUT2D eigenvalue weighted by molar-refractivity contribution is 0.112. The van der Waals surface area contributed by atoms with E-state index in [0.717, 1.165) is 42.8 Å². The second kappa shape index (κ2) is 6.26. The van der Waals surface area contributed by atoms with Crippen molar-refractivity contribution in [1.82, 2.24) is 4.98 Å². The highest BCUT2D eigenvalue weighted by Gasteiger charge is 2.18. The molecular weight excluding hydrogens is 330 g/mol. The molecule has 0 atom stereocenters. The van der Waals surface area contributed by atoms with Crippen LogP contribution in [0.5, 0.6) is 0 Å². The van der Waals surface area contributed by atoms with Gasteiger partial charge < -0.3 is 9.80 Å². The van der Waals surface area contributed by atoms with Crippen molar-refractivity contribution in [2.45, 2.75) is 0 Å². The Balaban J connectivity index is 1.64. The van der Waals surface area contributed by atoms with Crippen LogP contribution < -0.4 is 9.80 Å². The predicted molar refractivity (Wildman–Crippen MR) is 88.2 cm³/mol. The third-order valence-corrected chi connectivity index (χ3v) is 4.23. The average Bonchev–Trinajstić information content (AvgIpc) is 2.56. The summed E-state index contributed by atoms with van der Waals surface area (Å²) in [6.07, 6.45) is 2.45. The topological polar surface area (TPSA) is 36.4 Å². The molecule has 1 aliphatic heterocycles. The van der Waals surface area contributed by atoms with Crippen LogP contribution in [0.2, 0.25) is 0 Å². The first-order valence-electron chi connectivity index (χ1n) is 6.93. The van der Waals surface area contributed by atoms with Gasteiger partial charge in [0.2, 0.25) is 0 Å². The monoisotopic (exact) mass is 345 g/mol. The maximum atomic E-state index is 10.7. The van der Waals surface area contributed by atoms with Crippen molar-refractivity contribution in [3.05, 3.63) is 52.6 Å². The van der Waals surface area contributed by atoms with E-state index in [9.17, 15) is 4.79 Å². The number of carbonyl (C=O) groups is 1. The number of aldehydes is 1. The van der Waals surface area contributed by atoms with E-state index in [0.29, 0.717) is 5.56 Å². The highest BCUT2D eigenvalue weighted by molar-refractivity contribution is 9.10. The molecule has 0 radical (unpaired) electrons. The molecule has 0 bridgehead atoms. The molecule has 0 N–H and O–H groups in total. The number of aromatic nitrogens is 1. The van der Waals surface area contributed by atoms with E-state index >= 15 is 0 Å². The summed E-state index contributed by atoms with van der Waals surface area (Å²) in [5.41, 5.74) is 1.87. The van der Waals surface area contributed by atoms with Crippen molar-refractivity contribution >= 4 is 33.7 Å². The number of piperazine rings is 1. The van der Waals surface area contributed by atoms with Crippen LogP contribution in [0, 0.1) is 0 Å². The maximum absolute atomic E-state index is 10.7. The lowest BCUT2D eigenvalue weighted by Gasteiger charge is -2.36. The second-order valence-electron chi connectivity index (χ2n) is 5.02. The van der Waals surface area contributed by atoms with Crippen molar-refractivity contribution < 1.29 is 4.79 Å². The molecule has 0 aliphatic carbocycles. The number of pyridine rings is 1. The third-order valence-electron chi connectivity index (χ3n) is 3.70. The van der Waals surface area contributed by atoms with Gasteiger partial charge in [0, 0.05) is 48.1 Å². The molecule has 0 unspecified atom stereocenters. The molecule has 2 aromatic rings. The van der Waals surface area contributed by atoms with Gasteiger partial charge in [0.25, 0.3) is 0 Å². The minimum atomic E-state index is 0.618. The van der Waals surface area contributed by atoms with Crippen molar-refractivity contribution in [1.29, 1.82) is 0 Å². The Bertz CT molecular complexity index is 604. The largest absolute Gasteiger partial charge is 0.368 e. The van der Waals surface area contributed by atoms with Crippen LogP contribution in [-0.4, -0.2) is 37.4 Å². The number of anilines is 2. The lowest BCUT2D eigenvalue weighted by atomic mass is 10.2. The van der Waals surface area contributed by atoms with Crippen molar-refractivity contribution in [3.63, 3.8) is 0 Å². The normalized spacial score (nSPS) is 15.1. The molecular formula is C16H16BrN3O. The summed E-state index contributed by atoms with van der Waals surface area (Å²) in [5, 5.41) is 0. The standard InChI is InChI=1S/C16H16BrN3O/c17-14-2-4-15(5-3-14)19-7-9-20(10-8-19)16-6-1-13(12-21)11-18-16/h1-6,11-12H,7-10H2. The predicted octanol–water partition coefficient (Wildman–Crippen LogP) is 2.98. The van der Waals surface area contributed by atoms with Crippen molar-refractivity contribution in [2.24, 2.45) is 0 Å². The number of rotatable bonds is 3. The van der Waals surface area contributed by atoms with Crippen LogP contribution in [-0.2, 0) is 0 Å². The third kappa shape index (κ3) is 3.24. The number of carbonyl (C=O) groups excluding carboxylic acids is 1. The summed E-state index contributed by atoms with van der Waals surface area (Å²) in [4.78, 5) is 19.6. The molecule has 1 aromatic carbocycles. The maximum Gasteiger partial charge on any atom is 0.151 e. The highest BCUT2D eigenvalue weighted by atomic mass is 79.9. The van der Waals surface area contributed by atoms with Gasteiger partial charge in [0.1, 0.15) is 5.82 Å². The van der Waals surface area contributed by atoms with Crippen molar-refractivity contribution in [3.8, 4) is 0 Å². The molecule has 108 valence electrons. The molecule has 1 aromatic heterocycles. The van der Waals surface area contributed by atoms with Crippen LogP contribution >= 0.6 is 15.9 Å². The summed E-state index contributed by atoms with van der Waals surface area (Å²) in [6.45, 7) is 3.81. The van der Waals surface area contributed by atoms with E-state index in [4.69, 9.17) is 0 Å². The fourth-order valence-corrected chi connectivity index (χ4v) is 2.76. The van der Waals surface area contributed by atoms with Crippen LogP contribution in [0.4, 0.5) is 11.5 Å². The van der Waals surface area contributed by atoms with Crippen LogP contribution in [0.1, 0.15) is 10.4 Å². The molecule has 0 amide bonds. The molecule has 1 fully saturated rings. The molecule has 5 heteroatoms. The molecule has 4 nitrogen and oxygen atoms in total. The van der Waals surface area contributed by atoms with Crippen LogP contribution in [0.3, 0.4) is 0 Å². The fourth-order valence-electron chi connectivity index (χ4n) is 2.50. The van der Waals surface area contributed by atoms with Gasteiger partial charge in [-0.25, -0.2) is 4.98 Å². The lowest BCUT2D eigenvalue weighted by Crippen LogP contribution is -2.46. The van der Waals surface area contributed by atoms with E-state index < -0.39 is 0 Å². The molecule has 0 saturated carbocycles. The van der Waals surface area contributed by atoms with Gasteiger partial charge in [-0.1, -0.05) is 15.9 Å². The van der Waals surface area contributed by atoms with Gasteiger partial charge in [-0.2, -0.15) is 0 Å². The fraction of sp³-hybridized carbons (Fsp3) is 0.250. The Hall–Kier alpha value is -1.88. The van der Waals surface area contributed by atoms with E-state index in [1.165, 1.54) is 5.69 Å². The number of hydrogen-bond acceptors (Lipinski definition) is 4. The Morgan fingerprint density at radius 1 is 0.952 bits per heavy atom. The first-order chi connectivity index (χ1) is 10.3. The Morgan fingerprint density at radius 2 is 1.62 bits per heavy atom. The van der Waals surface area contributed by atoms with Gasteiger partial charge >= 0.3 is 0 Å². The SMILES string of the molecule is O=Cc1ccc(N2CCN(c3ccc(Br)cc3)CC2)nc1. The van der Waals surface area contributed by atoms with E-state index in [2.05, 4.69) is 55.0 Å². The quantitative estimate of drug-likeness (QED) is 0.801. The Kier molecular flexibility index (Phi) is 4.20. The molecule has 2 heterocycles. The smallest absolute Gasteiger partial charge is 0.151 e. The summed E-state index contributed by atoms with van der Waals surface area (Å²) in [6, 6.07) is 12.1. The van der Waals surface area contributed by atoms with Gasteiger partial charge in [-0.3, -0.25) is 4.79 Å². The Labute approximate surface area is 132 Å². The number of hydrogen-bond donors (Lipinski definition) is 0. The minimum Gasteiger partial charge on any atom is -0.368 e. The highest BCUT2D eigenvalue weighted by Crippen LogP contribution is 2.21. The van der Waals surface area contributed by atoms with Gasteiger partial charge in [-0.05, 0) is 36.4 Å². The molecule has 1 aliphatic rings. The summed E-state index contributed by atoms with van der Waals surface area (Å²) in [5.74, 6) is 0.941. The first-order valence-corrected chi connectivity index (χ1v) is 7.72. The van der Waals surface area contributed by atoms with Crippen LogP contribution in [0.15, 0.2) is 47.1 Å².